The number of ether oxygens (including phenoxy) is 1. The number of carbonyl (C=O) groups is 2. The molecule has 192 valence electrons. The molecule has 11 nitrogen and oxygen atoms in total. The molecule has 0 radical (unpaired) electrons. The largest absolute Gasteiger partial charge is 0.619 e. The molecule has 0 saturated heterocycles. The summed E-state index contributed by atoms with van der Waals surface area (Å²) in [5.41, 5.74) is 1.94. The fraction of sp³-hybridized carbons (Fsp3) is 0.400. The van der Waals surface area contributed by atoms with E-state index in [1.165, 1.54) is 24.3 Å². The Morgan fingerprint density at radius 1 is 1.17 bits per heavy atom. The number of hydrogen-bond acceptors (Lipinski definition) is 8. The van der Waals surface area contributed by atoms with Crippen LogP contribution in [0.15, 0.2) is 42.7 Å². The van der Waals surface area contributed by atoms with Gasteiger partial charge in [-0.1, -0.05) is 12.1 Å². The van der Waals surface area contributed by atoms with Crippen LogP contribution in [0.3, 0.4) is 0 Å². The first kappa shape index (κ1) is 26.5. The third-order valence-corrected chi connectivity index (χ3v) is 4.94. The Balaban J connectivity index is 1.55. The molecule has 0 spiro atoms. The maximum Gasteiger partial charge on any atom is 0.410 e. The SMILES string of the molecule is Cc1cccc(Nc2nc(NCCCNC(=O)CN(C)C(=O)OC(C)(C)C)nc3cc[n+]([O-])cc23)c1. The number of rotatable bonds is 9. The predicted octanol–water partition coefficient (Wildman–Crippen LogP) is 3.10. The quantitative estimate of drug-likeness (QED) is 0.234. The van der Waals surface area contributed by atoms with Crippen molar-refractivity contribution in [3.05, 3.63) is 53.5 Å². The van der Waals surface area contributed by atoms with Gasteiger partial charge in [0, 0.05) is 31.9 Å². The monoisotopic (exact) mass is 495 g/mol. The average Bonchev–Trinajstić information content (AvgIpc) is 2.78. The molecular formula is C25H33N7O4. The van der Waals surface area contributed by atoms with Crippen LogP contribution in [0.5, 0.6) is 0 Å². The second-order valence-electron chi connectivity index (χ2n) is 9.46. The van der Waals surface area contributed by atoms with E-state index >= 15 is 0 Å². The number of hydrogen-bond donors (Lipinski definition) is 3. The standard InChI is InChI=1S/C25H33N7O4/c1-17-8-6-9-18(14-17)28-22-19-15-32(35)13-10-20(19)29-23(30-22)27-12-7-11-26-21(33)16-31(5)24(34)36-25(2,3)4/h6,8-10,13-15H,7,11-12,16H2,1-5H3,(H,26,33)(H2,27,28,29,30). The van der Waals surface area contributed by atoms with Crippen molar-refractivity contribution in [2.24, 2.45) is 0 Å². The molecule has 2 aromatic heterocycles. The molecule has 0 saturated carbocycles. The molecule has 0 aliphatic heterocycles. The van der Waals surface area contributed by atoms with Crippen molar-refractivity contribution in [2.45, 2.75) is 39.7 Å². The van der Waals surface area contributed by atoms with Crippen LogP contribution in [0.2, 0.25) is 0 Å². The Labute approximate surface area is 210 Å². The summed E-state index contributed by atoms with van der Waals surface area (Å²) in [5, 5.41) is 21.7. The van der Waals surface area contributed by atoms with Crippen molar-refractivity contribution in [1.82, 2.24) is 20.2 Å². The Morgan fingerprint density at radius 3 is 2.67 bits per heavy atom. The molecule has 1 aromatic carbocycles. The van der Waals surface area contributed by atoms with Gasteiger partial charge in [0.15, 0.2) is 12.4 Å². The van der Waals surface area contributed by atoms with Gasteiger partial charge in [-0.2, -0.15) is 9.71 Å². The number of aromatic nitrogens is 3. The van der Waals surface area contributed by atoms with Crippen molar-refractivity contribution in [1.29, 1.82) is 0 Å². The highest BCUT2D eigenvalue weighted by atomic mass is 16.6. The smallest absolute Gasteiger partial charge is 0.410 e. The highest BCUT2D eigenvalue weighted by Crippen LogP contribution is 2.24. The van der Waals surface area contributed by atoms with Crippen LogP contribution >= 0.6 is 0 Å². The van der Waals surface area contributed by atoms with E-state index in [-0.39, 0.29) is 12.5 Å². The van der Waals surface area contributed by atoms with Gasteiger partial charge in [-0.25, -0.2) is 9.78 Å². The van der Waals surface area contributed by atoms with E-state index in [9.17, 15) is 14.8 Å². The summed E-state index contributed by atoms with van der Waals surface area (Å²) in [5.74, 6) is 0.634. The van der Waals surface area contributed by atoms with Gasteiger partial charge in [0.1, 0.15) is 23.3 Å². The molecule has 3 rings (SSSR count). The number of amides is 2. The molecular weight excluding hydrogens is 462 g/mol. The van der Waals surface area contributed by atoms with E-state index in [0.717, 1.165) is 11.3 Å². The Morgan fingerprint density at radius 2 is 1.94 bits per heavy atom. The molecule has 0 bridgehead atoms. The lowest BCUT2D eigenvalue weighted by atomic mass is 10.2. The Hall–Kier alpha value is -4.15. The molecule has 36 heavy (non-hydrogen) atoms. The number of fused-ring (bicyclic) bond motifs is 1. The molecule has 11 heteroatoms. The second-order valence-corrected chi connectivity index (χ2v) is 9.46. The van der Waals surface area contributed by atoms with Gasteiger partial charge in [-0.05, 0) is 51.8 Å². The highest BCUT2D eigenvalue weighted by Gasteiger charge is 2.21. The summed E-state index contributed by atoms with van der Waals surface area (Å²) in [6.07, 6.45) is 2.88. The number of aryl methyl sites for hydroxylation is 1. The molecule has 3 N–H and O–H groups in total. The van der Waals surface area contributed by atoms with Crippen molar-refractivity contribution < 1.29 is 19.1 Å². The number of nitrogens with one attached hydrogen (secondary N) is 3. The molecule has 0 aliphatic rings. The van der Waals surface area contributed by atoms with Gasteiger partial charge in [-0.15, -0.1) is 0 Å². The van der Waals surface area contributed by atoms with E-state index in [1.54, 1.807) is 26.8 Å². The van der Waals surface area contributed by atoms with Crippen LogP contribution in [-0.4, -0.2) is 59.2 Å². The zero-order valence-electron chi connectivity index (χ0n) is 21.3. The fourth-order valence-electron chi connectivity index (χ4n) is 3.28. The molecule has 0 atom stereocenters. The molecule has 0 unspecified atom stereocenters. The summed E-state index contributed by atoms with van der Waals surface area (Å²) < 4.78 is 5.95. The molecule has 0 fully saturated rings. The van der Waals surface area contributed by atoms with E-state index in [2.05, 4.69) is 25.9 Å². The number of pyridine rings is 1. The van der Waals surface area contributed by atoms with Crippen LogP contribution in [0.1, 0.15) is 32.8 Å². The minimum Gasteiger partial charge on any atom is -0.619 e. The van der Waals surface area contributed by atoms with Gasteiger partial charge in [0.2, 0.25) is 11.9 Å². The van der Waals surface area contributed by atoms with E-state index < -0.39 is 11.7 Å². The average molecular weight is 496 g/mol. The summed E-state index contributed by atoms with van der Waals surface area (Å²) in [6.45, 7) is 8.13. The highest BCUT2D eigenvalue weighted by molar-refractivity contribution is 5.90. The van der Waals surface area contributed by atoms with Gasteiger partial charge in [0.25, 0.3) is 0 Å². The third-order valence-electron chi connectivity index (χ3n) is 4.94. The maximum atomic E-state index is 12.1. The number of carbonyl (C=O) groups excluding carboxylic acids is 2. The topological polar surface area (TPSA) is 135 Å². The molecule has 0 aliphatic carbocycles. The van der Waals surface area contributed by atoms with Crippen molar-refractivity contribution in [2.75, 3.05) is 37.3 Å². The number of benzene rings is 1. The molecule has 2 amide bonds. The van der Waals surface area contributed by atoms with Crippen LogP contribution in [-0.2, 0) is 9.53 Å². The normalized spacial score (nSPS) is 11.1. The van der Waals surface area contributed by atoms with Crippen LogP contribution < -0.4 is 20.7 Å². The van der Waals surface area contributed by atoms with Crippen molar-refractivity contribution >= 4 is 40.4 Å². The van der Waals surface area contributed by atoms with Gasteiger partial charge >= 0.3 is 6.09 Å². The zero-order valence-corrected chi connectivity index (χ0v) is 21.3. The lowest BCUT2D eigenvalue weighted by Crippen LogP contribution is -2.41. The molecule has 3 aromatic rings. The predicted molar refractivity (Wildman–Crippen MR) is 138 cm³/mol. The molecule has 2 heterocycles. The first-order valence-corrected chi connectivity index (χ1v) is 11.7. The fourth-order valence-corrected chi connectivity index (χ4v) is 3.28. The first-order valence-electron chi connectivity index (χ1n) is 11.7. The summed E-state index contributed by atoms with van der Waals surface area (Å²) in [7, 11) is 1.52. The zero-order chi connectivity index (χ0) is 26.3. The van der Waals surface area contributed by atoms with Gasteiger partial charge < -0.3 is 30.8 Å². The van der Waals surface area contributed by atoms with Crippen LogP contribution in [0.4, 0.5) is 22.2 Å². The van der Waals surface area contributed by atoms with Crippen LogP contribution in [0, 0.1) is 12.1 Å². The Bertz CT molecular complexity index is 1230. The van der Waals surface area contributed by atoms with Crippen molar-refractivity contribution in [3.8, 4) is 0 Å². The summed E-state index contributed by atoms with van der Waals surface area (Å²) >= 11 is 0. The second kappa shape index (κ2) is 11.5. The van der Waals surface area contributed by atoms with E-state index in [4.69, 9.17) is 4.74 Å². The van der Waals surface area contributed by atoms with Crippen molar-refractivity contribution in [3.63, 3.8) is 0 Å². The Kier molecular flexibility index (Phi) is 8.46. The maximum absolute atomic E-state index is 12.1. The summed E-state index contributed by atoms with van der Waals surface area (Å²) in [4.78, 5) is 34.4. The van der Waals surface area contributed by atoms with Gasteiger partial charge in [-0.3, -0.25) is 4.79 Å². The van der Waals surface area contributed by atoms with Crippen LogP contribution in [0.25, 0.3) is 10.9 Å². The lowest BCUT2D eigenvalue weighted by molar-refractivity contribution is -0.603. The van der Waals surface area contributed by atoms with E-state index in [1.807, 2.05) is 31.2 Å². The first-order chi connectivity index (χ1) is 17.0. The third kappa shape index (κ3) is 7.97. The number of nitrogens with zero attached hydrogens (tertiary/aromatic N) is 4. The number of likely N-dealkylation sites (N-methyl/N-ethyl adjacent to an activating group) is 1. The summed E-state index contributed by atoms with van der Waals surface area (Å²) in [6, 6.07) is 9.48. The van der Waals surface area contributed by atoms with Gasteiger partial charge in [0.05, 0.1) is 5.52 Å². The minimum atomic E-state index is -0.621. The van der Waals surface area contributed by atoms with E-state index in [0.29, 0.717) is 46.9 Å². The minimum absolute atomic E-state index is 0.0934. The lowest BCUT2D eigenvalue weighted by Gasteiger charge is -2.24. The number of anilines is 3.